The third kappa shape index (κ3) is 5.15. The average Bonchev–Trinajstić information content (AvgIpc) is 3.56. The van der Waals surface area contributed by atoms with Gasteiger partial charge in [0.25, 0.3) is 5.91 Å². The SMILES string of the molecule is Cc1cc(-c2nc(C(=O)Nc3cc4sc(N5CCO[C@@](C)([Si])C5)nc4nc3N3CCCCC3)co2)ccn1. The summed E-state index contributed by atoms with van der Waals surface area (Å²) in [6, 6.07) is 5.65. The molecule has 4 aromatic rings. The molecule has 0 spiro atoms. The molecule has 38 heavy (non-hydrogen) atoms. The summed E-state index contributed by atoms with van der Waals surface area (Å²) in [5.41, 5.74) is 3.15. The van der Waals surface area contributed by atoms with E-state index in [1.807, 2.05) is 26.0 Å². The number of piperidine rings is 1. The van der Waals surface area contributed by atoms with E-state index in [1.54, 1.807) is 23.6 Å². The van der Waals surface area contributed by atoms with Crippen molar-refractivity contribution in [2.24, 2.45) is 0 Å². The second-order valence-electron chi connectivity index (χ2n) is 9.90. The van der Waals surface area contributed by atoms with Gasteiger partial charge in [-0.15, -0.1) is 0 Å². The van der Waals surface area contributed by atoms with Gasteiger partial charge in [-0.1, -0.05) is 11.3 Å². The summed E-state index contributed by atoms with van der Waals surface area (Å²) in [6.45, 7) is 7.73. The van der Waals surface area contributed by atoms with Crippen LogP contribution in [-0.4, -0.2) is 74.1 Å². The van der Waals surface area contributed by atoms with E-state index in [2.05, 4.69) is 35.3 Å². The standard InChI is InChI=1S/C26H28N7O3SSi/c1-16-12-17(6-7-27-16)24-29-19(14-35-24)23(34)28-18-13-20-21(30-22(18)32-8-4-3-5-9-32)31-25(37-20)33-10-11-36-26(2,38)15-33/h6-7,12-14H,3-5,8-11,15H2,1-2H3,(H,28,34)/t26-/m0/s1. The molecule has 0 bridgehead atoms. The largest absolute Gasteiger partial charge is 0.444 e. The highest BCUT2D eigenvalue weighted by Crippen LogP contribution is 2.36. The van der Waals surface area contributed by atoms with Crippen LogP contribution in [0, 0.1) is 6.92 Å². The van der Waals surface area contributed by atoms with Crippen molar-refractivity contribution in [3.8, 4) is 11.5 Å². The first kappa shape index (κ1) is 25.0. The zero-order valence-corrected chi connectivity index (χ0v) is 23.2. The first-order chi connectivity index (χ1) is 18.3. The minimum atomic E-state index is -0.424. The summed E-state index contributed by atoms with van der Waals surface area (Å²) in [5, 5.41) is 3.52. The number of oxazole rings is 1. The van der Waals surface area contributed by atoms with Crippen LogP contribution in [0.15, 0.2) is 35.1 Å². The highest BCUT2D eigenvalue weighted by atomic mass is 32.1. The Labute approximate surface area is 227 Å². The number of rotatable bonds is 5. The number of aryl methyl sites for hydroxylation is 1. The van der Waals surface area contributed by atoms with Crippen LogP contribution < -0.4 is 15.1 Å². The van der Waals surface area contributed by atoms with Gasteiger partial charge in [-0.25, -0.2) is 9.97 Å². The van der Waals surface area contributed by atoms with Crippen molar-refractivity contribution in [2.45, 2.75) is 38.3 Å². The van der Waals surface area contributed by atoms with E-state index < -0.39 is 5.22 Å². The fraction of sp³-hybridized carbons (Fsp3) is 0.423. The number of amides is 1. The van der Waals surface area contributed by atoms with E-state index in [0.717, 1.165) is 59.4 Å². The monoisotopic (exact) mass is 546 g/mol. The van der Waals surface area contributed by atoms with Gasteiger partial charge in [0.1, 0.15) is 6.26 Å². The molecule has 2 saturated heterocycles. The summed E-state index contributed by atoms with van der Waals surface area (Å²) < 4.78 is 12.3. The summed E-state index contributed by atoms with van der Waals surface area (Å²) >= 11 is 1.56. The van der Waals surface area contributed by atoms with Crippen molar-refractivity contribution in [1.29, 1.82) is 0 Å². The van der Waals surface area contributed by atoms with E-state index in [9.17, 15) is 4.79 Å². The Morgan fingerprint density at radius 3 is 2.76 bits per heavy atom. The Bertz CT molecular complexity index is 1480. The first-order valence-electron chi connectivity index (χ1n) is 12.7. The zero-order chi connectivity index (χ0) is 26.3. The lowest BCUT2D eigenvalue weighted by molar-refractivity contribution is 0.0200. The number of carbonyl (C=O) groups excluding carboxylic acids is 1. The second kappa shape index (κ2) is 10.1. The molecule has 0 aromatic carbocycles. The van der Waals surface area contributed by atoms with Crippen molar-refractivity contribution < 1.29 is 13.9 Å². The molecule has 2 aliphatic heterocycles. The number of nitrogens with one attached hydrogen (secondary N) is 1. The molecule has 1 N–H and O–H groups in total. The molecule has 12 heteroatoms. The van der Waals surface area contributed by atoms with Gasteiger partial charge >= 0.3 is 0 Å². The molecule has 2 fully saturated rings. The maximum atomic E-state index is 13.3. The third-order valence-electron chi connectivity index (χ3n) is 6.68. The number of nitrogens with zero attached hydrogens (tertiary/aromatic N) is 6. The minimum absolute atomic E-state index is 0.203. The molecule has 6 heterocycles. The lowest BCUT2D eigenvalue weighted by Crippen LogP contribution is -2.50. The quantitative estimate of drug-likeness (QED) is 0.371. The normalized spacial score (nSPS) is 20.2. The lowest BCUT2D eigenvalue weighted by atomic mass is 10.1. The Kier molecular flexibility index (Phi) is 6.62. The van der Waals surface area contributed by atoms with Crippen molar-refractivity contribution in [3.63, 3.8) is 0 Å². The van der Waals surface area contributed by atoms with Crippen LogP contribution >= 0.6 is 11.3 Å². The summed E-state index contributed by atoms with van der Waals surface area (Å²) in [5.74, 6) is 0.766. The predicted molar refractivity (Wildman–Crippen MR) is 148 cm³/mol. The number of hydrogen-bond donors (Lipinski definition) is 1. The van der Waals surface area contributed by atoms with Crippen molar-refractivity contribution in [2.75, 3.05) is 47.9 Å². The highest BCUT2D eigenvalue weighted by molar-refractivity contribution is 7.22. The van der Waals surface area contributed by atoms with Crippen molar-refractivity contribution in [3.05, 3.63) is 42.0 Å². The maximum absolute atomic E-state index is 13.3. The van der Waals surface area contributed by atoms with Crippen LogP contribution in [0.25, 0.3) is 21.8 Å². The molecule has 0 unspecified atom stereocenters. The molecular formula is C26H28N7O3SSi. The average molecular weight is 547 g/mol. The van der Waals surface area contributed by atoms with Gasteiger partial charge in [0, 0.05) is 43.6 Å². The Hall–Kier alpha value is -3.35. The molecule has 2 aliphatic rings. The molecular weight excluding hydrogens is 518 g/mol. The van der Waals surface area contributed by atoms with Gasteiger partial charge in [0.2, 0.25) is 5.89 Å². The van der Waals surface area contributed by atoms with E-state index in [4.69, 9.17) is 19.1 Å². The summed E-state index contributed by atoms with van der Waals surface area (Å²) in [6.07, 6.45) is 6.45. The molecule has 6 rings (SSSR count). The van der Waals surface area contributed by atoms with E-state index >= 15 is 0 Å². The molecule has 1 atom stereocenters. The number of morpholine rings is 1. The Morgan fingerprint density at radius 1 is 1.13 bits per heavy atom. The molecule has 0 saturated carbocycles. The predicted octanol–water partition coefficient (Wildman–Crippen LogP) is 4.01. The lowest BCUT2D eigenvalue weighted by Gasteiger charge is -2.37. The Morgan fingerprint density at radius 2 is 1.97 bits per heavy atom. The van der Waals surface area contributed by atoms with Crippen LogP contribution in [0.2, 0.25) is 0 Å². The molecule has 4 aromatic heterocycles. The molecule has 10 nitrogen and oxygen atoms in total. The van der Waals surface area contributed by atoms with Crippen LogP contribution in [0.5, 0.6) is 0 Å². The van der Waals surface area contributed by atoms with Crippen LogP contribution in [-0.2, 0) is 4.74 Å². The van der Waals surface area contributed by atoms with E-state index in [0.29, 0.717) is 30.4 Å². The van der Waals surface area contributed by atoms with Crippen LogP contribution in [0.3, 0.4) is 0 Å². The number of hydrogen-bond acceptors (Lipinski definition) is 10. The van der Waals surface area contributed by atoms with Gasteiger partial charge in [-0.3, -0.25) is 9.78 Å². The maximum Gasteiger partial charge on any atom is 0.277 e. The zero-order valence-electron chi connectivity index (χ0n) is 21.4. The van der Waals surface area contributed by atoms with Gasteiger partial charge in [0.05, 0.1) is 32.5 Å². The number of anilines is 3. The molecule has 195 valence electrons. The number of thiazole rings is 1. The number of fused-ring (bicyclic) bond motifs is 1. The van der Waals surface area contributed by atoms with Crippen molar-refractivity contribution >= 4 is 54.5 Å². The number of carbonyl (C=O) groups is 1. The Balaban J connectivity index is 1.31. The summed E-state index contributed by atoms with van der Waals surface area (Å²) in [7, 11) is 3.70. The van der Waals surface area contributed by atoms with Gasteiger partial charge in [-0.05, 0) is 51.3 Å². The second-order valence-corrected chi connectivity index (χ2v) is 12.0. The van der Waals surface area contributed by atoms with Gasteiger partial charge in [0.15, 0.2) is 22.3 Å². The molecule has 0 aliphatic carbocycles. The minimum Gasteiger partial charge on any atom is -0.444 e. The van der Waals surface area contributed by atoms with Gasteiger partial charge in [-0.2, -0.15) is 4.98 Å². The fourth-order valence-electron chi connectivity index (χ4n) is 4.83. The van der Waals surface area contributed by atoms with E-state index in [-0.39, 0.29) is 11.6 Å². The van der Waals surface area contributed by atoms with Crippen LogP contribution in [0.4, 0.5) is 16.6 Å². The highest BCUT2D eigenvalue weighted by Gasteiger charge is 2.29. The van der Waals surface area contributed by atoms with Crippen LogP contribution in [0.1, 0.15) is 42.4 Å². The molecule has 1 amide bonds. The van der Waals surface area contributed by atoms with E-state index in [1.165, 1.54) is 12.7 Å². The molecule has 3 radical (unpaired) electrons. The fourth-order valence-corrected chi connectivity index (χ4v) is 6.09. The van der Waals surface area contributed by atoms with Gasteiger partial charge < -0.3 is 24.3 Å². The summed E-state index contributed by atoms with van der Waals surface area (Å²) in [4.78, 5) is 36.2. The topological polar surface area (TPSA) is 110 Å². The van der Waals surface area contributed by atoms with Crippen molar-refractivity contribution in [1.82, 2.24) is 19.9 Å². The third-order valence-corrected chi connectivity index (χ3v) is 8.04. The number of aromatic nitrogens is 4. The smallest absolute Gasteiger partial charge is 0.277 e. The number of ether oxygens (including phenoxy) is 1. The number of pyridine rings is 2. The first-order valence-corrected chi connectivity index (χ1v) is 14.1.